The second-order valence-electron chi connectivity index (χ2n) is 4.06. The first-order valence-electron chi connectivity index (χ1n) is 6.18. The van der Waals surface area contributed by atoms with E-state index in [1.807, 2.05) is 6.92 Å². The molecule has 1 unspecified atom stereocenters. The zero-order valence-corrected chi connectivity index (χ0v) is 10.8. The molecule has 0 aliphatic carbocycles. The Balaban J connectivity index is 2.88. The third kappa shape index (κ3) is 3.85. The van der Waals surface area contributed by atoms with Crippen LogP contribution >= 0.6 is 0 Å². The molecule has 0 spiro atoms. The number of aromatic nitrogens is 2. The van der Waals surface area contributed by atoms with Crippen LogP contribution in [-0.2, 0) is 6.42 Å². The van der Waals surface area contributed by atoms with Crippen LogP contribution in [0.5, 0.6) is 0 Å². The van der Waals surface area contributed by atoms with Crippen LogP contribution in [-0.4, -0.2) is 34.3 Å². The smallest absolute Gasteiger partial charge is 0.134 e. The molecule has 0 aliphatic heterocycles. The Morgan fingerprint density at radius 1 is 1.29 bits per heavy atom. The van der Waals surface area contributed by atoms with Gasteiger partial charge in [-0.2, -0.15) is 0 Å². The molecule has 0 amide bonds. The van der Waals surface area contributed by atoms with Crippen LogP contribution in [0.15, 0.2) is 6.33 Å². The second-order valence-corrected chi connectivity index (χ2v) is 4.06. The molecule has 96 valence electrons. The van der Waals surface area contributed by atoms with Crippen LogP contribution in [0.4, 0.5) is 11.6 Å². The SMILES string of the molecule is CCCNc1ncnc(NC(C)CO)c1CC. The van der Waals surface area contributed by atoms with Crippen molar-refractivity contribution in [3.8, 4) is 0 Å². The first-order chi connectivity index (χ1) is 8.22. The molecule has 5 heteroatoms. The Morgan fingerprint density at radius 2 is 2.00 bits per heavy atom. The summed E-state index contributed by atoms with van der Waals surface area (Å²) in [6, 6.07) is -0.00535. The molecule has 17 heavy (non-hydrogen) atoms. The van der Waals surface area contributed by atoms with Gasteiger partial charge < -0.3 is 15.7 Å². The molecule has 1 atom stereocenters. The van der Waals surface area contributed by atoms with Crippen molar-refractivity contribution in [1.82, 2.24) is 9.97 Å². The van der Waals surface area contributed by atoms with Crippen molar-refractivity contribution < 1.29 is 5.11 Å². The summed E-state index contributed by atoms with van der Waals surface area (Å²) in [5.74, 6) is 1.69. The number of hydrogen-bond acceptors (Lipinski definition) is 5. The topological polar surface area (TPSA) is 70.1 Å². The van der Waals surface area contributed by atoms with Crippen molar-refractivity contribution in [3.05, 3.63) is 11.9 Å². The Bertz CT molecular complexity index is 343. The van der Waals surface area contributed by atoms with E-state index in [4.69, 9.17) is 5.11 Å². The van der Waals surface area contributed by atoms with E-state index in [1.54, 1.807) is 6.33 Å². The van der Waals surface area contributed by atoms with Crippen molar-refractivity contribution in [3.63, 3.8) is 0 Å². The fourth-order valence-electron chi connectivity index (χ4n) is 1.55. The molecule has 0 bridgehead atoms. The summed E-state index contributed by atoms with van der Waals surface area (Å²) < 4.78 is 0. The van der Waals surface area contributed by atoms with E-state index in [0.717, 1.165) is 36.6 Å². The van der Waals surface area contributed by atoms with Gasteiger partial charge in [0.25, 0.3) is 0 Å². The number of rotatable bonds is 7. The summed E-state index contributed by atoms with van der Waals surface area (Å²) in [7, 11) is 0. The van der Waals surface area contributed by atoms with Crippen LogP contribution in [0.1, 0.15) is 32.8 Å². The normalized spacial score (nSPS) is 12.2. The molecule has 0 saturated heterocycles. The Labute approximate surface area is 103 Å². The van der Waals surface area contributed by atoms with Crippen LogP contribution < -0.4 is 10.6 Å². The van der Waals surface area contributed by atoms with Crippen molar-refractivity contribution in [1.29, 1.82) is 0 Å². The second kappa shape index (κ2) is 7.06. The highest BCUT2D eigenvalue weighted by atomic mass is 16.3. The number of aliphatic hydroxyl groups is 1. The van der Waals surface area contributed by atoms with Crippen molar-refractivity contribution in [2.24, 2.45) is 0 Å². The highest BCUT2D eigenvalue weighted by molar-refractivity contribution is 5.57. The van der Waals surface area contributed by atoms with Gasteiger partial charge in [0.2, 0.25) is 0 Å². The number of anilines is 2. The highest BCUT2D eigenvalue weighted by Crippen LogP contribution is 2.20. The average Bonchev–Trinajstić information content (AvgIpc) is 2.36. The van der Waals surface area contributed by atoms with Crippen LogP contribution in [0.25, 0.3) is 0 Å². The minimum atomic E-state index is -0.00535. The fraction of sp³-hybridized carbons (Fsp3) is 0.667. The predicted molar refractivity (Wildman–Crippen MR) is 70.4 cm³/mol. The number of aliphatic hydroxyl groups excluding tert-OH is 1. The quantitative estimate of drug-likeness (QED) is 0.674. The van der Waals surface area contributed by atoms with Crippen LogP contribution in [0.3, 0.4) is 0 Å². The maximum Gasteiger partial charge on any atom is 0.134 e. The first-order valence-corrected chi connectivity index (χ1v) is 6.18. The van der Waals surface area contributed by atoms with Gasteiger partial charge in [-0.3, -0.25) is 0 Å². The maximum atomic E-state index is 9.05. The summed E-state index contributed by atoms with van der Waals surface area (Å²) >= 11 is 0. The van der Waals surface area contributed by atoms with Crippen molar-refractivity contribution in [2.45, 2.75) is 39.7 Å². The van der Waals surface area contributed by atoms with Gasteiger partial charge in [0.05, 0.1) is 6.61 Å². The lowest BCUT2D eigenvalue weighted by Crippen LogP contribution is -2.21. The summed E-state index contributed by atoms with van der Waals surface area (Å²) in [6.07, 6.45) is 3.46. The lowest BCUT2D eigenvalue weighted by Gasteiger charge is -2.17. The van der Waals surface area contributed by atoms with E-state index in [1.165, 1.54) is 0 Å². The monoisotopic (exact) mass is 238 g/mol. The minimum Gasteiger partial charge on any atom is -0.394 e. The molecule has 0 saturated carbocycles. The summed E-state index contributed by atoms with van der Waals surface area (Å²) in [5.41, 5.74) is 1.07. The van der Waals surface area contributed by atoms with Gasteiger partial charge >= 0.3 is 0 Å². The first kappa shape index (κ1) is 13.7. The van der Waals surface area contributed by atoms with Crippen molar-refractivity contribution >= 4 is 11.6 Å². The predicted octanol–water partition coefficient (Wildman–Crippen LogP) is 1.65. The van der Waals surface area contributed by atoms with Gasteiger partial charge in [0.1, 0.15) is 18.0 Å². The standard InChI is InChI=1S/C12H22N4O/c1-4-6-13-11-10(5-2)12(15-8-14-11)16-9(3)7-17/h8-9,17H,4-7H2,1-3H3,(H2,13,14,15,16). The van der Waals surface area contributed by atoms with Crippen LogP contribution in [0, 0.1) is 0 Å². The average molecular weight is 238 g/mol. The highest BCUT2D eigenvalue weighted by Gasteiger charge is 2.10. The van der Waals surface area contributed by atoms with Gasteiger partial charge in [0, 0.05) is 18.2 Å². The molecule has 1 aromatic heterocycles. The number of nitrogens with zero attached hydrogens (tertiary/aromatic N) is 2. The van der Waals surface area contributed by atoms with E-state index < -0.39 is 0 Å². The molecule has 1 aromatic rings. The molecular formula is C12H22N4O. The lowest BCUT2D eigenvalue weighted by molar-refractivity contribution is 0.281. The summed E-state index contributed by atoms with van der Waals surface area (Å²) in [6.45, 7) is 7.10. The Morgan fingerprint density at radius 3 is 2.59 bits per heavy atom. The molecule has 1 rings (SSSR count). The zero-order valence-electron chi connectivity index (χ0n) is 10.8. The van der Waals surface area contributed by atoms with Gasteiger partial charge in [-0.1, -0.05) is 13.8 Å². The van der Waals surface area contributed by atoms with Gasteiger partial charge in [-0.15, -0.1) is 0 Å². The van der Waals surface area contributed by atoms with Crippen molar-refractivity contribution in [2.75, 3.05) is 23.8 Å². The molecular weight excluding hydrogens is 216 g/mol. The van der Waals surface area contributed by atoms with Gasteiger partial charge in [-0.25, -0.2) is 9.97 Å². The molecule has 1 heterocycles. The Hall–Kier alpha value is -1.36. The Kier molecular flexibility index (Phi) is 5.69. The third-order valence-corrected chi connectivity index (χ3v) is 2.50. The van der Waals surface area contributed by atoms with Crippen LogP contribution in [0.2, 0.25) is 0 Å². The summed E-state index contributed by atoms with van der Waals surface area (Å²) in [4.78, 5) is 8.49. The summed E-state index contributed by atoms with van der Waals surface area (Å²) in [5, 5.41) is 15.5. The van der Waals surface area contributed by atoms with E-state index in [-0.39, 0.29) is 12.6 Å². The van der Waals surface area contributed by atoms with Gasteiger partial charge in [-0.05, 0) is 19.8 Å². The molecule has 0 aliphatic rings. The number of nitrogens with one attached hydrogen (secondary N) is 2. The molecule has 0 radical (unpaired) electrons. The van der Waals surface area contributed by atoms with Gasteiger partial charge in [0.15, 0.2) is 0 Å². The molecule has 3 N–H and O–H groups in total. The zero-order chi connectivity index (χ0) is 12.7. The number of hydrogen-bond donors (Lipinski definition) is 3. The lowest BCUT2D eigenvalue weighted by atomic mass is 10.2. The molecule has 0 aromatic carbocycles. The van der Waals surface area contributed by atoms with E-state index in [0.29, 0.717) is 0 Å². The largest absolute Gasteiger partial charge is 0.394 e. The van der Waals surface area contributed by atoms with E-state index in [9.17, 15) is 0 Å². The fourth-order valence-corrected chi connectivity index (χ4v) is 1.55. The third-order valence-electron chi connectivity index (χ3n) is 2.50. The molecule has 0 fully saturated rings. The minimum absolute atomic E-state index is 0.00535. The molecule has 5 nitrogen and oxygen atoms in total. The van der Waals surface area contributed by atoms with E-state index >= 15 is 0 Å². The maximum absolute atomic E-state index is 9.05. The van der Waals surface area contributed by atoms with E-state index in [2.05, 4.69) is 34.4 Å².